The number of carbonyl (C=O) groups excluding carboxylic acids is 1. The summed E-state index contributed by atoms with van der Waals surface area (Å²) in [6.07, 6.45) is 1.17. The average molecular weight is 448 g/mol. The summed E-state index contributed by atoms with van der Waals surface area (Å²) in [7, 11) is 0. The summed E-state index contributed by atoms with van der Waals surface area (Å²) in [5, 5.41) is 0. The molecule has 0 amide bonds. The fraction of sp³-hybridized carbons (Fsp3) is 0.129. The van der Waals surface area contributed by atoms with Crippen molar-refractivity contribution in [2.24, 2.45) is 0 Å². The van der Waals surface area contributed by atoms with Gasteiger partial charge in [-0.15, -0.1) is 0 Å². The van der Waals surface area contributed by atoms with Crippen LogP contribution in [0.1, 0.15) is 22.3 Å². The van der Waals surface area contributed by atoms with E-state index in [1.807, 2.05) is 24.3 Å². The molecule has 0 aliphatic rings. The van der Waals surface area contributed by atoms with Crippen molar-refractivity contribution < 1.29 is 9.53 Å². The molecule has 170 valence electrons. The van der Waals surface area contributed by atoms with Crippen molar-refractivity contribution in [1.82, 2.24) is 0 Å². The zero-order valence-corrected chi connectivity index (χ0v) is 19.9. The Morgan fingerprint density at radius 2 is 1.29 bits per heavy atom. The lowest BCUT2D eigenvalue weighted by Gasteiger charge is -2.27. The number of aryl methyl sites for hydroxylation is 3. The Hall–Kier alpha value is -4.11. The van der Waals surface area contributed by atoms with Crippen molar-refractivity contribution >= 4 is 23.0 Å². The maximum Gasteiger partial charge on any atom is 0.330 e. The standard InChI is InChI=1S/C31H29NO2/c1-5-31(33)34-21-25-9-11-26(12-10-25)27-13-17-29(18-14-27)32(28-15-6-22(2)7-16-28)30-19-8-23(3)20-24(30)4/h5-20H,1,21H2,2-4H3. The van der Waals surface area contributed by atoms with Crippen LogP contribution in [0.5, 0.6) is 0 Å². The first kappa shape index (κ1) is 23.1. The quantitative estimate of drug-likeness (QED) is 0.212. The molecule has 3 nitrogen and oxygen atoms in total. The highest BCUT2D eigenvalue weighted by atomic mass is 16.5. The highest BCUT2D eigenvalue weighted by Gasteiger charge is 2.15. The molecule has 0 aromatic heterocycles. The largest absolute Gasteiger partial charge is 0.458 e. The third kappa shape index (κ3) is 5.26. The Labute approximate surface area is 202 Å². The van der Waals surface area contributed by atoms with E-state index in [-0.39, 0.29) is 6.61 Å². The first-order valence-corrected chi connectivity index (χ1v) is 11.4. The predicted octanol–water partition coefficient (Wildman–Crippen LogP) is 7.98. The second-order valence-corrected chi connectivity index (χ2v) is 8.52. The molecule has 0 aliphatic carbocycles. The van der Waals surface area contributed by atoms with Crippen LogP contribution in [-0.2, 0) is 16.1 Å². The molecule has 4 aromatic carbocycles. The lowest BCUT2D eigenvalue weighted by Crippen LogP contribution is -2.11. The van der Waals surface area contributed by atoms with E-state index < -0.39 is 5.97 Å². The molecule has 0 heterocycles. The third-order valence-electron chi connectivity index (χ3n) is 5.85. The van der Waals surface area contributed by atoms with Crippen molar-refractivity contribution in [2.75, 3.05) is 4.90 Å². The molecule has 4 rings (SSSR count). The zero-order chi connectivity index (χ0) is 24.1. The van der Waals surface area contributed by atoms with Crippen LogP contribution in [0.25, 0.3) is 11.1 Å². The van der Waals surface area contributed by atoms with Crippen LogP contribution in [0, 0.1) is 20.8 Å². The van der Waals surface area contributed by atoms with Crippen molar-refractivity contribution in [3.8, 4) is 11.1 Å². The maximum absolute atomic E-state index is 11.3. The van der Waals surface area contributed by atoms with Gasteiger partial charge in [0, 0.05) is 23.1 Å². The minimum Gasteiger partial charge on any atom is -0.458 e. The fourth-order valence-corrected chi connectivity index (χ4v) is 3.99. The molecule has 0 fully saturated rings. The highest BCUT2D eigenvalue weighted by molar-refractivity contribution is 5.81. The van der Waals surface area contributed by atoms with E-state index in [4.69, 9.17) is 4.74 Å². The normalized spacial score (nSPS) is 10.6. The Bertz CT molecular complexity index is 1290. The minimum absolute atomic E-state index is 0.242. The van der Waals surface area contributed by atoms with Crippen LogP contribution >= 0.6 is 0 Å². The molecule has 0 radical (unpaired) electrons. The molecule has 0 saturated heterocycles. The van der Waals surface area contributed by atoms with Gasteiger partial charge in [-0.3, -0.25) is 0 Å². The van der Waals surface area contributed by atoms with E-state index in [0.29, 0.717) is 0 Å². The van der Waals surface area contributed by atoms with Crippen LogP contribution in [0.4, 0.5) is 17.1 Å². The number of nitrogens with zero attached hydrogens (tertiary/aromatic N) is 1. The summed E-state index contributed by atoms with van der Waals surface area (Å²) in [6, 6.07) is 31.9. The van der Waals surface area contributed by atoms with Crippen LogP contribution in [0.3, 0.4) is 0 Å². The number of benzene rings is 4. The van der Waals surface area contributed by atoms with E-state index in [1.54, 1.807) is 0 Å². The van der Waals surface area contributed by atoms with Gasteiger partial charge in [0.15, 0.2) is 0 Å². The molecular formula is C31H29NO2. The minimum atomic E-state index is -0.415. The molecule has 0 bridgehead atoms. The summed E-state index contributed by atoms with van der Waals surface area (Å²) < 4.78 is 5.11. The molecule has 0 atom stereocenters. The molecule has 3 heteroatoms. The van der Waals surface area contributed by atoms with E-state index in [2.05, 4.69) is 99.0 Å². The summed E-state index contributed by atoms with van der Waals surface area (Å²) in [6.45, 7) is 10.0. The van der Waals surface area contributed by atoms with E-state index in [0.717, 1.165) is 28.1 Å². The van der Waals surface area contributed by atoms with Crippen LogP contribution < -0.4 is 4.90 Å². The average Bonchev–Trinajstić information content (AvgIpc) is 2.86. The Kier molecular flexibility index (Phi) is 6.93. The van der Waals surface area contributed by atoms with Gasteiger partial charge in [0.1, 0.15) is 6.61 Å². The SMILES string of the molecule is C=CC(=O)OCc1ccc(-c2ccc(N(c3ccc(C)cc3)c3ccc(C)cc3C)cc2)cc1. The van der Waals surface area contributed by atoms with Gasteiger partial charge < -0.3 is 9.64 Å². The van der Waals surface area contributed by atoms with Gasteiger partial charge >= 0.3 is 5.97 Å². The second-order valence-electron chi connectivity index (χ2n) is 8.52. The third-order valence-corrected chi connectivity index (χ3v) is 5.85. The monoisotopic (exact) mass is 447 g/mol. The second kappa shape index (κ2) is 10.2. The topological polar surface area (TPSA) is 29.5 Å². The maximum atomic E-state index is 11.3. The van der Waals surface area contributed by atoms with Gasteiger partial charge in [-0.25, -0.2) is 4.79 Å². The smallest absolute Gasteiger partial charge is 0.330 e. The summed E-state index contributed by atoms with van der Waals surface area (Å²) >= 11 is 0. The van der Waals surface area contributed by atoms with Crippen molar-refractivity contribution in [3.05, 3.63) is 126 Å². The van der Waals surface area contributed by atoms with Gasteiger partial charge in [0.2, 0.25) is 0 Å². The lowest BCUT2D eigenvalue weighted by molar-refractivity contribution is -0.138. The molecule has 0 spiro atoms. The molecule has 4 aromatic rings. The molecular weight excluding hydrogens is 418 g/mol. The predicted molar refractivity (Wildman–Crippen MR) is 141 cm³/mol. The summed E-state index contributed by atoms with van der Waals surface area (Å²) in [5.74, 6) is -0.415. The molecule has 0 aliphatic heterocycles. The molecule has 0 unspecified atom stereocenters. The number of hydrogen-bond donors (Lipinski definition) is 0. The zero-order valence-electron chi connectivity index (χ0n) is 19.9. The number of hydrogen-bond acceptors (Lipinski definition) is 3. The number of carbonyl (C=O) groups is 1. The molecule has 34 heavy (non-hydrogen) atoms. The van der Waals surface area contributed by atoms with Crippen molar-refractivity contribution in [1.29, 1.82) is 0 Å². The Morgan fingerprint density at radius 3 is 1.85 bits per heavy atom. The number of ether oxygens (including phenoxy) is 1. The highest BCUT2D eigenvalue weighted by Crippen LogP contribution is 2.37. The fourth-order valence-electron chi connectivity index (χ4n) is 3.99. The van der Waals surface area contributed by atoms with E-state index in [1.165, 1.54) is 28.5 Å². The number of esters is 1. The van der Waals surface area contributed by atoms with E-state index >= 15 is 0 Å². The number of anilines is 3. The number of rotatable bonds is 7. The first-order valence-electron chi connectivity index (χ1n) is 11.4. The van der Waals surface area contributed by atoms with Crippen LogP contribution in [-0.4, -0.2) is 5.97 Å². The van der Waals surface area contributed by atoms with E-state index in [9.17, 15) is 4.79 Å². The molecule has 0 N–H and O–H groups in total. The Balaban J connectivity index is 1.63. The van der Waals surface area contributed by atoms with Crippen molar-refractivity contribution in [3.63, 3.8) is 0 Å². The van der Waals surface area contributed by atoms with Gasteiger partial charge in [-0.05, 0) is 73.4 Å². The van der Waals surface area contributed by atoms with Gasteiger partial charge in [0.25, 0.3) is 0 Å². The lowest BCUT2D eigenvalue weighted by atomic mass is 10.0. The van der Waals surface area contributed by atoms with Crippen molar-refractivity contribution in [2.45, 2.75) is 27.4 Å². The van der Waals surface area contributed by atoms with Crippen LogP contribution in [0.15, 0.2) is 104 Å². The van der Waals surface area contributed by atoms with Gasteiger partial charge in [0.05, 0.1) is 0 Å². The summed E-state index contributed by atoms with van der Waals surface area (Å²) in [4.78, 5) is 13.6. The van der Waals surface area contributed by atoms with Crippen LogP contribution in [0.2, 0.25) is 0 Å². The Morgan fingerprint density at radius 1 is 0.765 bits per heavy atom. The first-order chi connectivity index (χ1) is 16.4. The summed E-state index contributed by atoms with van der Waals surface area (Å²) in [5.41, 5.74) is 10.3. The van der Waals surface area contributed by atoms with Gasteiger partial charge in [-0.2, -0.15) is 0 Å². The van der Waals surface area contributed by atoms with Gasteiger partial charge in [-0.1, -0.05) is 78.4 Å². The molecule has 0 saturated carbocycles.